The molecule has 1 aromatic carbocycles. The van der Waals surface area contributed by atoms with E-state index in [1.807, 2.05) is 6.92 Å². The van der Waals surface area contributed by atoms with E-state index in [0.29, 0.717) is 12.0 Å². The van der Waals surface area contributed by atoms with Crippen LogP contribution in [0.25, 0.3) is 5.76 Å². The average Bonchev–Trinajstić information content (AvgIpc) is 2.47. The number of benzene rings is 1. The number of Topliss-reactive ketones (excluding diaryl/α,β-unsaturated/α-hetero) is 1. The van der Waals surface area contributed by atoms with Crippen LogP contribution in [0.3, 0.4) is 0 Å². The molecule has 0 spiro atoms. The first kappa shape index (κ1) is 14.2. The normalized spacial score (nSPS) is 18.8. The Morgan fingerprint density at radius 1 is 1.40 bits per heavy atom. The van der Waals surface area contributed by atoms with Gasteiger partial charge in [0.25, 0.3) is 0 Å². The molecule has 4 nitrogen and oxygen atoms in total. The maximum absolute atomic E-state index is 13.0. The summed E-state index contributed by atoms with van der Waals surface area (Å²) in [5.41, 5.74) is 0.381. The van der Waals surface area contributed by atoms with Crippen LogP contribution in [0.2, 0.25) is 0 Å². The first-order valence-electron chi connectivity index (χ1n) is 6.34. The number of ether oxygens (including phenoxy) is 2. The fraction of sp³-hybridized carbons (Fsp3) is 0.333. The molecule has 1 unspecified atom stereocenters. The Morgan fingerprint density at radius 2 is 2.05 bits per heavy atom. The zero-order chi connectivity index (χ0) is 14.7. The van der Waals surface area contributed by atoms with Gasteiger partial charge in [0.05, 0.1) is 19.6 Å². The van der Waals surface area contributed by atoms with E-state index in [1.165, 1.54) is 31.4 Å². The molecular formula is C15H15FO4. The van der Waals surface area contributed by atoms with Crippen molar-refractivity contribution in [2.24, 2.45) is 5.92 Å². The second-order valence-corrected chi connectivity index (χ2v) is 4.48. The van der Waals surface area contributed by atoms with Crippen LogP contribution in [0.1, 0.15) is 18.9 Å². The van der Waals surface area contributed by atoms with Crippen LogP contribution >= 0.6 is 0 Å². The van der Waals surface area contributed by atoms with Gasteiger partial charge in [-0.25, -0.2) is 9.18 Å². The Bertz CT molecular complexity index is 560. The molecule has 0 amide bonds. The van der Waals surface area contributed by atoms with Gasteiger partial charge in [0, 0.05) is 5.56 Å². The molecule has 106 valence electrons. The summed E-state index contributed by atoms with van der Waals surface area (Å²) in [6, 6.07) is 5.42. The van der Waals surface area contributed by atoms with E-state index in [-0.39, 0.29) is 29.6 Å². The highest BCUT2D eigenvalue weighted by atomic mass is 19.1. The van der Waals surface area contributed by atoms with Crippen molar-refractivity contribution in [3.05, 3.63) is 41.2 Å². The Kier molecular flexibility index (Phi) is 4.17. The first-order valence-corrected chi connectivity index (χ1v) is 6.34. The number of hydrogen-bond donors (Lipinski definition) is 0. The maximum Gasteiger partial charge on any atom is 0.345 e. The Morgan fingerprint density at radius 3 is 2.60 bits per heavy atom. The quantitative estimate of drug-likeness (QED) is 0.629. The van der Waals surface area contributed by atoms with E-state index >= 15 is 0 Å². The second-order valence-electron chi connectivity index (χ2n) is 4.48. The van der Waals surface area contributed by atoms with Crippen LogP contribution in [-0.2, 0) is 19.1 Å². The predicted molar refractivity (Wildman–Crippen MR) is 70.1 cm³/mol. The van der Waals surface area contributed by atoms with Crippen LogP contribution in [-0.4, -0.2) is 25.5 Å². The molecule has 1 aliphatic rings. The van der Waals surface area contributed by atoms with Crippen LogP contribution in [0.15, 0.2) is 29.8 Å². The van der Waals surface area contributed by atoms with Gasteiger partial charge in [0.2, 0.25) is 0 Å². The molecule has 20 heavy (non-hydrogen) atoms. The van der Waals surface area contributed by atoms with Gasteiger partial charge in [-0.05, 0) is 30.7 Å². The number of methoxy groups -OCH3 is 1. The van der Waals surface area contributed by atoms with E-state index in [2.05, 4.69) is 4.74 Å². The van der Waals surface area contributed by atoms with Crippen LogP contribution in [0.4, 0.5) is 4.39 Å². The number of carbonyl (C=O) groups is 2. The molecule has 1 aromatic rings. The molecule has 2 rings (SSSR count). The van der Waals surface area contributed by atoms with Gasteiger partial charge in [-0.15, -0.1) is 0 Å². The third kappa shape index (κ3) is 2.57. The third-order valence-electron chi connectivity index (χ3n) is 3.26. The van der Waals surface area contributed by atoms with Gasteiger partial charge in [-0.3, -0.25) is 4.79 Å². The summed E-state index contributed by atoms with van der Waals surface area (Å²) < 4.78 is 23.2. The number of rotatable bonds is 3. The van der Waals surface area contributed by atoms with E-state index in [4.69, 9.17) is 4.74 Å². The summed E-state index contributed by atoms with van der Waals surface area (Å²) >= 11 is 0. The van der Waals surface area contributed by atoms with Gasteiger partial charge in [-0.2, -0.15) is 0 Å². The summed E-state index contributed by atoms with van der Waals surface area (Å²) in [5.74, 6) is -1.61. The summed E-state index contributed by atoms with van der Waals surface area (Å²) in [4.78, 5) is 24.1. The van der Waals surface area contributed by atoms with Gasteiger partial charge in [0.15, 0.2) is 5.78 Å². The Balaban J connectivity index is 2.52. The summed E-state index contributed by atoms with van der Waals surface area (Å²) in [7, 11) is 1.21. The van der Waals surface area contributed by atoms with Crippen LogP contribution in [0, 0.1) is 11.7 Å². The second kappa shape index (κ2) is 5.86. The Labute approximate surface area is 116 Å². The highest BCUT2D eigenvalue weighted by molar-refractivity contribution is 6.23. The number of halogens is 1. The summed E-state index contributed by atoms with van der Waals surface area (Å²) in [6.45, 7) is 2.06. The molecule has 1 aliphatic heterocycles. The summed E-state index contributed by atoms with van der Waals surface area (Å²) in [5, 5.41) is 0. The molecule has 0 saturated carbocycles. The number of ketones is 1. The standard InChI is InChI=1S/C15H15FO4/c1-3-9-8-20-14(10-4-6-11(16)7-5-10)12(13(9)17)15(18)19-2/h4-7,9H,3,8H2,1-2H3. The topological polar surface area (TPSA) is 52.6 Å². The molecule has 0 N–H and O–H groups in total. The van der Waals surface area contributed by atoms with Crippen molar-refractivity contribution < 1.29 is 23.5 Å². The molecule has 0 fully saturated rings. The largest absolute Gasteiger partial charge is 0.491 e. The molecule has 1 heterocycles. The lowest BCUT2D eigenvalue weighted by Gasteiger charge is -2.25. The summed E-state index contributed by atoms with van der Waals surface area (Å²) in [6.07, 6.45) is 0.579. The highest BCUT2D eigenvalue weighted by Crippen LogP contribution is 2.30. The van der Waals surface area contributed by atoms with Gasteiger partial charge in [-0.1, -0.05) is 6.92 Å². The number of carbonyl (C=O) groups excluding carboxylic acids is 2. The van der Waals surface area contributed by atoms with Crippen molar-refractivity contribution in [1.29, 1.82) is 0 Å². The van der Waals surface area contributed by atoms with Gasteiger partial charge >= 0.3 is 5.97 Å². The smallest absolute Gasteiger partial charge is 0.345 e. The van der Waals surface area contributed by atoms with Crippen molar-refractivity contribution in [3.8, 4) is 0 Å². The molecular weight excluding hydrogens is 263 g/mol. The van der Waals surface area contributed by atoms with Crippen molar-refractivity contribution in [1.82, 2.24) is 0 Å². The lowest BCUT2D eigenvalue weighted by atomic mass is 9.91. The number of hydrogen-bond acceptors (Lipinski definition) is 4. The number of esters is 1. The monoisotopic (exact) mass is 278 g/mol. The van der Waals surface area contributed by atoms with E-state index in [0.717, 1.165) is 0 Å². The lowest BCUT2D eigenvalue weighted by Crippen LogP contribution is -2.31. The predicted octanol–water partition coefficient (Wildman–Crippen LogP) is 2.34. The SMILES string of the molecule is CCC1COC(c2ccc(F)cc2)=C(C(=O)OC)C1=O. The third-order valence-corrected chi connectivity index (χ3v) is 3.26. The van der Waals surface area contributed by atoms with Crippen LogP contribution < -0.4 is 0 Å². The van der Waals surface area contributed by atoms with Crippen molar-refractivity contribution >= 4 is 17.5 Å². The molecule has 0 aliphatic carbocycles. The highest BCUT2D eigenvalue weighted by Gasteiger charge is 2.35. The molecule has 5 heteroatoms. The fourth-order valence-electron chi connectivity index (χ4n) is 2.08. The minimum absolute atomic E-state index is 0.0998. The molecule has 1 atom stereocenters. The Hall–Kier alpha value is -2.17. The fourth-order valence-corrected chi connectivity index (χ4v) is 2.08. The first-order chi connectivity index (χ1) is 9.58. The van der Waals surface area contributed by atoms with E-state index in [9.17, 15) is 14.0 Å². The van der Waals surface area contributed by atoms with Gasteiger partial charge < -0.3 is 9.47 Å². The van der Waals surface area contributed by atoms with Crippen molar-refractivity contribution in [3.63, 3.8) is 0 Å². The minimum Gasteiger partial charge on any atom is -0.491 e. The lowest BCUT2D eigenvalue weighted by molar-refractivity contribution is -0.139. The molecule has 0 aromatic heterocycles. The molecule has 0 bridgehead atoms. The van der Waals surface area contributed by atoms with E-state index < -0.39 is 11.8 Å². The van der Waals surface area contributed by atoms with E-state index in [1.54, 1.807) is 0 Å². The molecule has 0 saturated heterocycles. The van der Waals surface area contributed by atoms with Gasteiger partial charge in [0.1, 0.15) is 17.1 Å². The zero-order valence-corrected chi connectivity index (χ0v) is 11.3. The maximum atomic E-state index is 13.0. The van der Waals surface area contributed by atoms with Crippen molar-refractivity contribution in [2.45, 2.75) is 13.3 Å². The van der Waals surface area contributed by atoms with Crippen molar-refractivity contribution in [2.75, 3.05) is 13.7 Å². The van der Waals surface area contributed by atoms with Crippen LogP contribution in [0.5, 0.6) is 0 Å². The minimum atomic E-state index is -0.729. The molecule has 0 radical (unpaired) electrons. The zero-order valence-electron chi connectivity index (χ0n) is 11.3. The average molecular weight is 278 g/mol.